The van der Waals surface area contributed by atoms with Crippen molar-refractivity contribution in [3.8, 4) is 16.9 Å². The van der Waals surface area contributed by atoms with Gasteiger partial charge in [0.05, 0.1) is 5.56 Å². The third-order valence-electron chi connectivity index (χ3n) is 8.15. The van der Waals surface area contributed by atoms with Crippen LogP contribution < -0.4 is 10.5 Å². The minimum atomic E-state index is -4.46. The van der Waals surface area contributed by atoms with Crippen molar-refractivity contribution in [2.75, 3.05) is 18.8 Å². The van der Waals surface area contributed by atoms with Gasteiger partial charge in [0.1, 0.15) is 6.10 Å². The number of nitrogens with two attached hydrogens (primary N) is 1. The second kappa shape index (κ2) is 13.7. The number of alkyl halides is 3. The van der Waals surface area contributed by atoms with Gasteiger partial charge in [-0.1, -0.05) is 44.0 Å². The van der Waals surface area contributed by atoms with E-state index in [1.807, 2.05) is 42.7 Å². The van der Waals surface area contributed by atoms with Crippen LogP contribution in [0.3, 0.4) is 0 Å². The molecule has 0 bridgehead atoms. The first-order chi connectivity index (χ1) is 20.8. The van der Waals surface area contributed by atoms with E-state index in [-0.39, 0.29) is 35.5 Å². The monoisotopic (exact) mass is 610 g/mol. The Morgan fingerprint density at radius 1 is 1.05 bits per heavy atom. The molecule has 2 aromatic carbocycles. The van der Waals surface area contributed by atoms with Crippen molar-refractivity contribution in [3.05, 3.63) is 77.0 Å². The van der Waals surface area contributed by atoms with E-state index in [1.165, 1.54) is 6.07 Å². The molecule has 1 saturated heterocycles. The number of carbonyl (C=O) groups excluding carboxylic acids is 2. The number of aryl methyl sites for hydroxylation is 1. The molecule has 0 spiro atoms. The molecule has 1 aliphatic rings. The first-order valence-electron chi connectivity index (χ1n) is 15.1. The molecule has 1 unspecified atom stereocenters. The number of halogens is 3. The Bertz CT molecular complexity index is 1480. The topological polar surface area (TPSA) is 88.8 Å². The van der Waals surface area contributed by atoms with Crippen LogP contribution in [0, 0.1) is 6.92 Å². The molecule has 1 aromatic heterocycles. The van der Waals surface area contributed by atoms with E-state index in [4.69, 9.17) is 10.5 Å². The van der Waals surface area contributed by atoms with Gasteiger partial charge in [-0.3, -0.25) is 9.59 Å². The first-order valence-corrected chi connectivity index (χ1v) is 15.1. The smallest absolute Gasteiger partial charge is 0.416 e. The van der Waals surface area contributed by atoms with Crippen molar-refractivity contribution < 1.29 is 27.5 Å². The minimum Gasteiger partial charge on any atom is -0.482 e. The van der Waals surface area contributed by atoms with Crippen LogP contribution in [0.2, 0.25) is 0 Å². The number of nitrogen functional groups attached to an aromatic ring is 1. The molecule has 0 radical (unpaired) electrons. The Labute approximate surface area is 257 Å². The molecule has 4 rings (SSSR count). The van der Waals surface area contributed by atoms with Gasteiger partial charge in [-0.05, 0) is 75.1 Å². The molecule has 0 saturated carbocycles. The average Bonchev–Trinajstić information content (AvgIpc) is 2.97. The van der Waals surface area contributed by atoms with E-state index >= 15 is 0 Å². The Hall–Kier alpha value is -4.08. The maximum atomic E-state index is 13.6. The average molecular weight is 611 g/mol. The number of nitrogens with zero attached hydrogens (tertiary/aromatic N) is 3. The minimum absolute atomic E-state index is 0.0750. The lowest BCUT2D eigenvalue weighted by molar-refractivity contribution is -0.139. The summed E-state index contributed by atoms with van der Waals surface area (Å²) in [5, 5.41) is 0. The van der Waals surface area contributed by atoms with Gasteiger partial charge in [0.15, 0.2) is 11.6 Å². The van der Waals surface area contributed by atoms with Crippen molar-refractivity contribution >= 4 is 17.6 Å². The van der Waals surface area contributed by atoms with Crippen LogP contribution in [-0.2, 0) is 11.0 Å². The fraction of sp³-hybridized carbons (Fsp3) is 0.441. The van der Waals surface area contributed by atoms with E-state index in [1.54, 1.807) is 31.3 Å². The van der Waals surface area contributed by atoms with Crippen molar-refractivity contribution in [3.63, 3.8) is 0 Å². The van der Waals surface area contributed by atoms with Gasteiger partial charge in [-0.25, -0.2) is 4.98 Å². The van der Waals surface area contributed by atoms with E-state index in [0.717, 1.165) is 42.5 Å². The summed E-state index contributed by atoms with van der Waals surface area (Å²) >= 11 is 0. The molecule has 2 heterocycles. The summed E-state index contributed by atoms with van der Waals surface area (Å²) in [6.45, 7) is 10.6. The summed E-state index contributed by atoms with van der Waals surface area (Å²) < 4.78 is 45.6. The number of piperazine rings is 1. The fourth-order valence-electron chi connectivity index (χ4n) is 5.82. The third-order valence-corrected chi connectivity index (χ3v) is 8.15. The quantitative estimate of drug-likeness (QED) is 0.255. The normalized spacial score (nSPS) is 17.8. The highest BCUT2D eigenvalue weighted by Gasteiger charge is 2.35. The number of pyridine rings is 1. The number of anilines is 1. The molecule has 1 fully saturated rings. The Morgan fingerprint density at radius 3 is 2.39 bits per heavy atom. The van der Waals surface area contributed by atoms with Crippen LogP contribution in [-0.4, -0.2) is 51.8 Å². The van der Waals surface area contributed by atoms with Gasteiger partial charge < -0.3 is 20.3 Å². The van der Waals surface area contributed by atoms with E-state index in [0.29, 0.717) is 36.2 Å². The predicted molar refractivity (Wildman–Crippen MR) is 165 cm³/mol. The van der Waals surface area contributed by atoms with E-state index in [9.17, 15) is 22.8 Å². The van der Waals surface area contributed by atoms with Gasteiger partial charge in [0.25, 0.3) is 5.91 Å². The Kier molecular flexibility index (Phi) is 10.2. The van der Waals surface area contributed by atoms with Gasteiger partial charge >= 0.3 is 6.18 Å². The number of unbranched alkanes of at least 4 members (excludes halogenated alkanes) is 2. The van der Waals surface area contributed by atoms with Crippen LogP contribution in [0.4, 0.5) is 19.0 Å². The van der Waals surface area contributed by atoms with Gasteiger partial charge in [0.2, 0.25) is 5.91 Å². The maximum absolute atomic E-state index is 13.6. The second-order valence-electron chi connectivity index (χ2n) is 11.7. The standard InChI is InChI=1S/C34H41F3N4O3/c1-6-7-8-12-31(42)41-22(3)19-40(20-23(41)4)33(43)29-14-13-26(15-21(29)2)27-17-30(32(38)39-18-27)44-24(5)25-10-9-11-28(16-25)34(35,36)37/h9-11,13-18,22-24H,6-8,12,19-20H2,1-5H3,(H2,38,39)/t22-,23+,24?. The van der Waals surface area contributed by atoms with Crippen molar-refractivity contribution in [1.82, 2.24) is 14.8 Å². The number of rotatable bonds is 9. The molecule has 2 N–H and O–H groups in total. The lowest BCUT2D eigenvalue weighted by Gasteiger charge is -2.44. The first kappa shape index (κ1) is 32.8. The molecule has 236 valence electrons. The van der Waals surface area contributed by atoms with Gasteiger partial charge in [-0.15, -0.1) is 0 Å². The second-order valence-corrected chi connectivity index (χ2v) is 11.7. The molecule has 2 amide bonds. The molecule has 3 aromatic rings. The number of hydrogen-bond donors (Lipinski definition) is 1. The summed E-state index contributed by atoms with van der Waals surface area (Å²) in [5.41, 5.74) is 8.49. The number of hydrogen-bond acceptors (Lipinski definition) is 5. The van der Waals surface area contributed by atoms with Crippen molar-refractivity contribution in [2.45, 2.75) is 84.7 Å². The number of benzene rings is 2. The molecule has 44 heavy (non-hydrogen) atoms. The number of aromatic nitrogens is 1. The van der Waals surface area contributed by atoms with Crippen LogP contribution >= 0.6 is 0 Å². The zero-order chi connectivity index (χ0) is 32.2. The zero-order valence-corrected chi connectivity index (χ0v) is 25.9. The Balaban J connectivity index is 1.48. The maximum Gasteiger partial charge on any atom is 0.416 e. The summed E-state index contributed by atoms with van der Waals surface area (Å²) in [6.07, 6.45) is -0.0745. The molecule has 10 heteroatoms. The summed E-state index contributed by atoms with van der Waals surface area (Å²) in [6, 6.07) is 12.0. The van der Waals surface area contributed by atoms with Crippen LogP contribution in [0.25, 0.3) is 11.1 Å². The summed E-state index contributed by atoms with van der Waals surface area (Å²) in [4.78, 5) is 34.4. The summed E-state index contributed by atoms with van der Waals surface area (Å²) in [7, 11) is 0. The fourth-order valence-corrected chi connectivity index (χ4v) is 5.82. The molecule has 7 nitrogen and oxygen atoms in total. The third kappa shape index (κ3) is 7.52. The highest BCUT2D eigenvalue weighted by Crippen LogP contribution is 2.34. The highest BCUT2D eigenvalue weighted by atomic mass is 19.4. The SMILES string of the molecule is CCCCCC(=O)N1[C@H](C)CN(C(=O)c2ccc(-c3cnc(N)c(OC(C)c4cccc(C(F)(F)F)c4)c3)cc2C)C[C@@H]1C. The molecular formula is C34H41F3N4O3. The van der Waals surface area contributed by atoms with Gasteiger partial charge in [0, 0.05) is 48.9 Å². The molecular weight excluding hydrogens is 569 g/mol. The molecule has 0 aliphatic carbocycles. The van der Waals surface area contributed by atoms with Crippen molar-refractivity contribution in [2.24, 2.45) is 0 Å². The van der Waals surface area contributed by atoms with Gasteiger partial charge in [-0.2, -0.15) is 13.2 Å². The molecule has 3 atom stereocenters. The highest BCUT2D eigenvalue weighted by molar-refractivity contribution is 5.96. The van der Waals surface area contributed by atoms with Crippen LogP contribution in [0.5, 0.6) is 5.75 Å². The number of ether oxygens (including phenoxy) is 1. The molecule has 1 aliphatic heterocycles. The predicted octanol–water partition coefficient (Wildman–Crippen LogP) is 7.44. The zero-order valence-electron chi connectivity index (χ0n) is 25.9. The Morgan fingerprint density at radius 2 is 1.75 bits per heavy atom. The van der Waals surface area contributed by atoms with E-state index in [2.05, 4.69) is 11.9 Å². The summed E-state index contributed by atoms with van der Waals surface area (Å²) in [5.74, 6) is 0.425. The largest absolute Gasteiger partial charge is 0.482 e. The lowest BCUT2D eigenvalue weighted by Crippen LogP contribution is -2.59. The van der Waals surface area contributed by atoms with Crippen LogP contribution in [0.1, 0.15) is 86.5 Å². The van der Waals surface area contributed by atoms with E-state index < -0.39 is 17.8 Å². The lowest BCUT2D eigenvalue weighted by atomic mass is 9.98. The number of carbonyl (C=O) groups is 2. The van der Waals surface area contributed by atoms with Crippen molar-refractivity contribution in [1.29, 1.82) is 0 Å². The van der Waals surface area contributed by atoms with Crippen LogP contribution in [0.15, 0.2) is 54.7 Å². The number of amides is 2.